The van der Waals surface area contributed by atoms with E-state index in [1.165, 1.54) is 12.5 Å². The normalized spacial score (nSPS) is 10.7. The predicted molar refractivity (Wildman–Crippen MR) is 110 cm³/mol. The Balaban J connectivity index is 1.86. The Labute approximate surface area is 166 Å². The zero-order valence-electron chi connectivity index (χ0n) is 15.6. The van der Waals surface area contributed by atoms with Crippen molar-refractivity contribution in [3.63, 3.8) is 0 Å². The number of fused-ring (bicyclic) bond motifs is 1. The van der Waals surface area contributed by atoms with E-state index >= 15 is 0 Å². The Morgan fingerprint density at radius 2 is 1.90 bits per heavy atom. The number of nitro groups is 1. The molecule has 8 heteroatoms. The van der Waals surface area contributed by atoms with Gasteiger partial charge >= 0.3 is 11.6 Å². The van der Waals surface area contributed by atoms with Crippen molar-refractivity contribution >= 4 is 28.0 Å². The van der Waals surface area contributed by atoms with Gasteiger partial charge in [0.05, 0.1) is 16.8 Å². The Kier molecular flexibility index (Phi) is 4.98. The molecule has 0 radical (unpaired) electrons. The van der Waals surface area contributed by atoms with E-state index in [1.54, 1.807) is 23.2 Å². The van der Waals surface area contributed by atoms with Gasteiger partial charge in [-0.3, -0.25) is 15.1 Å². The maximum atomic E-state index is 12.0. The highest BCUT2D eigenvalue weighted by Crippen LogP contribution is 2.40. The average Bonchev–Trinajstić information content (AvgIpc) is 2.75. The molecule has 8 nitrogen and oxygen atoms in total. The monoisotopic (exact) mass is 387 g/mol. The van der Waals surface area contributed by atoms with Crippen LogP contribution in [0.1, 0.15) is 6.92 Å². The van der Waals surface area contributed by atoms with Gasteiger partial charge in [-0.25, -0.2) is 4.98 Å². The molecule has 0 saturated heterocycles. The molecule has 0 aliphatic heterocycles. The summed E-state index contributed by atoms with van der Waals surface area (Å²) in [6.45, 7) is 2.38. The van der Waals surface area contributed by atoms with Gasteiger partial charge in [-0.2, -0.15) is 4.98 Å². The summed E-state index contributed by atoms with van der Waals surface area (Å²) in [5.41, 5.74) is 0.519. The molecule has 2 aromatic carbocycles. The van der Waals surface area contributed by atoms with Crippen LogP contribution in [0.2, 0.25) is 0 Å². The van der Waals surface area contributed by atoms with E-state index < -0.39 is 4.92 Å². The summed E-state index contributed by atoms with van der Waals surface area (Å²) in [4.78, 5) is 25.4. The van der Waals surface area contributed by atoms with Crippen molar-refractivity contribution in [1.82, 2.24) is 15.0 Å². The summed E-state index contributed by atoms with van der Waals surface area (Å²) in [5, 5.41) is 14.0. The topological polar surface area (TPSA) is 94.3 Å². The van der Waals surface area contributed by atoms with Gasteiger partial charge in [0.1, 0.15) is 12.1 Å². The summed E-state index contributed by atoms with van der Waals surface area (Å²) >= 11 is 0. The minimum Gasteiger partial charge on any atom is -0.432 e. The lowest BCUT2D eigenvalue weighted by Crippen LogP contribution is -2.19. The number of anilines is 2. The zero-order valence-corrected chi connectivity index (χ0v) is 15.6. The average molecular weight is 387 g/mol. The molecule has 2 heterocycles. The second kappa shape index (κ2) is 7.89. The molecule has 2 aromatic heterocycles. The van der Waals surface area contributed by atoms with Crippen LogP contribution >= 0.6 is 0 Å². The van der Waals surface area contributed by atoms with Gasteiger partial charge in [-0.15, -0.1) is 0 Å². The van der Waals surface area contributed by atoms with Crippen LogP contribution in [0.25, 0.3) is 10.8 Å². The summed E-state index contributed by atoms with van der Waals surface area (Å²) in [5.74, 6) is 0.392. The zero-order chi connectivity index (χ0) is 20.2. The van der Waals surface area contributed by atoms with Crippen molar-refractivity contribution in [3.8, 4) is 11.6 Å². The lowest BCUT2D eigenvalue weighted by Gasteiger charge is -2.23. The molecule has 144 valence electrons. The van der Waals surface area contributed by atoms with Crippen molar-refractivity contribution in [3.05, 3.63) is 83.4 Å². The van der Waals surface area contributed by atoms with Gasteiger partial charge in [-0.1, -0.05) is 36.4 Å². The van der Waals surface area contributed by atoms with Crippen LogP contribution in [0.3, 0.4) is 0 Å². The number of hydrogen-bond donors (Lipinski definition) is 0. The van der Waals surface area contributed by atoms with E-state index in [2.05, 4.69) is 15.0 Å². The molecule has 0 fully saturated rings. The number of hydrogen-bond acceptors (Lipinski definition) is 7. The van der Waals surface area contributed by atoms with Crippen molar-refractivity contribution in [1.29, 1.82) is 0 Å². The van der Waals surface area contributed by atoms with Gasteiger partial charge in [-0.05, 0) is 30.5 Å². The molecule has 0 aliphatic rings. The molecular formula is C21H17N5O3. The number of ether oxygens (including phenoxy) is 1. The maximum Gasteiger partial charge on any atom is 0.373 e. The first-order valence-electron chi connectivity index (χ1n) is 9.01. The summed E-state index contributed by atoms with van der Waals surface area (Å²) in [6.07, 6.45) is 4.32. The van der Waals surface area contributed by atoms with Crippen LogP contribution in [0, 0.1) is 10.1 Å². The van der Waals surface area contributed by atoms with E-state index in [0.29, 0.717) is 12.3 Å². The highest BCUT2D eigenvalue weighted by atomic mass is 16.6. The molecular weight excluding hydrogens is 370 g/mol. The van der Waals surface area contributed by atoms with Crippen LogP contribution in [-0.4, -0.2) is 26.4 Å². The highest BCUT2D eigenvalue weighted by molar-refractivity contribution is 5.96. The third-order valence-electron chi connectivity index (χ3n) is 4.43. The molecule has 0 N–H and O–H groups in total. The Morgan fingerprint density at radius 1 is 1.07 bits per heavy atom. The second-order valence-electron chi connectivity index (χ2n) is 6.14. The number of pyridine rings is 1. The molecule has 0 atom stereocenters. The lowest BCUT2D eigenvalue weighted by atomic mass is 10.1. The fourth-order valence-corrected chi connectivity index (χ4v) is 3.18. The van der Waals surface area contributed by atoms with E-state index in [4.69, 9.17) is 4.74 Å². The van der Waals surface area contributed by atoms with E-state index in [-0.39, 0.29) is 17.4 Å². The SMILES string of the molecule is CCN(c1ncnc(Oc2cccnc2)c1[N+](=O)[O-])c1cccc2ccccc12. The molecule has 4 aromatic rings. The van der Waals surface area contributed by atoms with Crippen molar-refractivity contribution in [2.24, 2.45) is 0 Å². The Bertz CT molecular complexity index is 1160. The minimum atomic E-state index is -0.519. The molecule has 29 heavy (non-hydrogen) atoms. The molecule has 4 rings (SSSR count). The third kappa shape index (κ3) is 3.55. The number of benzene rings is 2. The van der Waals surface area contributed by atoms with E-state index in [0.717, 1.165) is 16.5 Å². The summed E-state index contributed by atoms with van der Waals surface area (Å²) < 4.78 is 5.65. The van der Waals surface area contributed by atoms with Crippen LogP contribution in [0.5, 0.6) is 11.6 Å². The molecule has 0 amide bonds. The lowest BCUT2D eigenvalue weighted by molar-refractivity contribution is -0.385. The van der Waals surface area contributed by atoms with Crippen LogP contribution < -0.4 is 9.64 Å². The van der Waals surface area contributed by atoms with Crippen LogP contribution in [-0.2, 0) is 0 Å². The van der Waals surface area contributed by atoms with Gasteiger partial charge in [0.15, 0.2) is 0 Å². The second-order valence-corrected chi connectivity index (χ2v) is 6.14. The van der Waals surface area contributed by atoms with E-state index in [9.17, 15) is 10.1 Å². The first-order chi connectivity index (χ1) is 14.2. The fourth-order valence-electron chi connectivity index (χ4n) is 3.18. The molecule has 0 saturated carbocycles. The number of rotatable bonds is 6. The Morgan fingerprint density at radius 3 is 2.66 bits per heavy atom. The van der Waals surface area contributed by atoms with Crippen LogP contribution in [0.4, 0.5) is 17.2 Å². The minimum absolute atomic E-state index is 0.133. The van der Waals surface area contributed by atoms with Gasteiger partial charge in [0.25, 0.3) is 0 Å². The van der Waals surface area contributed by atoms with Crippen molar-refractivity contribution in [2.45, 2.75) is 6.92 Å². The summed E-state index contributed by atoms with van der Waals surface area (Å²) in [6, 6.07) is 17.0. The van der Waals surface area contributed by atoms with Gasteiger partial charge < -0.3 is 9.64 Å². The van der Waals surface area contributed by atoms with Crippen molar-refractivity contribution in [2.75, 3.05) is 11.4 Å². The molecule has 0 bridgehead atoms. The fraction of sp³-hybridized carbons (Fsp3) is 0.0952. The highest BCUT2D eigenvalue weighted by Gasteiger charge is 2.29. The molecule has 0 spiro atoms. The van der Waals surface area contributed by atoms with Gasteiger partial charge in [0, 0.05) is 18.1 Å². The molecule has 0 aliphatic carbocycles. The predicted octanol–water partition coefficient (Wildman–Crippen LogP) is 4.88. The van der Waals surface area contributed by atoms with Crippen LogP contribution in [0.15, 0.2) is 73.3 Å². The standard InChI is InChI=1S/C21H17N5O3/c1-2-25(18-11-5-8-15-7-3-4-10-17(15)18)20-19(26(27)28)21(24-14-23-20)29-16-9-6-12-22-13-16/h3-14H,2H2,1H3. The van der Waals surface area contributed by atoms with Gasteiger partial charge in [0.2, 0.25) is 5.82 Å². The molecule has 0 unspecified atom stereocenters. The first kappa shape index (κ1) is 18.3. The number of nitrogens with zero attached hydrogens (tertiary/aromatic N) is 5. The quantitative estimate of drug-likeness (QED) is 0.344. The smallest absolute Gasteiger partial charge is 0.373 e. The Hall–Kier alpha value is -4.07. The first-order valence-corrected chi connectivity index (χ1v) is 9.01. The largest absolute Gasteiger partial charge is 0.432 e. The van der Waals surface area contributed by atoms with Crippen molar-refractivity contribution < 1.29 is 9.66 Å². The maximum absolute atomic E-state index is 12.0. The third-order valence-corrected chi connectivity index (χ3v) is 4.43. The summed E-state index contributed by atoms with van der Waals surface area (Å²) in [7, 11) is 0. The number of aromatic nitrogens is 3. The van der Waals surface area contributed by atoms with E-state index in [1.807, 2.05) is 49.4 Å².